The number of nitriles is 1. The van der Waals surface area contributed by atoms with Crippen molar-refractivity contribution in [2.45, 2.75) is 0 Å². The van der Waals surface area contributed by atoms with Gasteiger partial charge in [-0.1, -0.05) is 103 Å². The average Bonchev–Trinajstić information content (AvgIpc) is 3.89. The summed E-state index contributed by atoms with van der Waals surface area (Å²) in [6.45, 7) is 8.18. The smallest absolute Gasteiger partial charge is 0.195 e. The molecule has 5 heteroatoms. The predicted octanol–water partition coefficient (Wildman–Crippen LogP) is 13.1. The van der Waals surface area contributed by atoms with Crippen LogP contribution in [0, 0.1) is 17.9 Å². The minimum atomic E-state index is 0.602. The highest BCUT2D eigenvalue weighted by molar-refractivity contribution is 6.15. The third kappa shape index (κ3) is 4.45. The fourth-order valence-electron chi connectivity index (χ4n) is 8.73. The molecule has 0 N–H and O–H groups in total. The quantitative estimate of drug-likeness (QED) is 0.169. The summed E-state index contributed by atoms with van der Waals surface area (Å²) in [6.07, 6.45) is 0. The van der Waals surface area contributed by atoms with Gasteiger partial charge in [0.05, 0.1) is 57.0 Å². The molecule has 11 aromatic rings. The lowest BCUT2D eigenvalue weighted by atomic mass is 10.0. The van der Waals surface area contributed by atoms with Crippen molar-refractivity contribution in [2.24, 2.45) is 0 Å². The van der Waals surface area contributed by atoms with Crippen LogP contribution < -0.4 is 0 Å². The Morgan fingerprint density at radius 3 is 1.60 bits per heavy atom. The van der Waals surface area contributed by atoms with Crippen LogP contribution in [0.3, 0.4) is 0 Å². The Bertz CT molecular complexity index is 3400. The van der Waals surface area contributed by atoms with Gasteiger partial charge in [-0.2, -0.15) is 5.26 Å². The van der Waals surface area contributed by atoms with Crippen LogP contribution in [-0.4, -0.2) is 13.7 Å². The minimum Gasteiger partial charge on any atom is -0.309 e. The molecule has 0 aliphatic rings. The number of para-hydroxylation sites is 5. The van der Waals surface area contributed by atoms with E-state index >= 15 is 0 Å². The lowest BCUT2D eigenvalue weighted by Gasteiger charge is -2.16. The van der Waals surface area contributed by atoms with Crippen molar-refractivity contribution in [3.05, 3.63) is 193 Å². The maximum Gasteiger partial charge on any atom is 0.195 e. The van der Waals surface area contributed by atoms with Crippen molar-refractivity contribution in [1.82, 2.24) is 13.7 Å². The predicted molar refractivity (Wildman–Crippen MR) is 226 cm³/mol. The lowest BCUT2D eigenvalue weighted by molar-refractivity contribution is 1.13. The summed E-state index contributed by atoms with van der Waals surface area (Å²) in [6, 6.07) is 63.6. The molecule has 0 fully saturated rings. The largest absolute Gasteiger partial charge is 0.309 e. The molecule has 3 heterocycles. The number of rotatable bonds is 4. The Labute approximate surface area is 316 Å². The highest BCUT2D eigenvalue weighted by Crippen LogP contribution is 2.42. The van der Waals surface area contributed by atoms with E-state index in [0.717, 1.165) is 82.8 Å². The molecule has 55 heavy (non-hydrogen) atoms. The molecule has 0 amide bonds. The summed E-state index contributed by atoms with van der Waals surface area (Å²) in [4.78, 5) is 4.00. The molecule has 0 saturated heterocycles. The molecule has 8 aromatic carbocycles. The van der Waals surface area contributed by atoms with Crippen LogP contribution in [0.1, 0.15) is 5.56 Å². The summed E-state index contributed by atoms with van der Waals surface area (Å²) in [5, 5.41) is 16.7. The summed E-state index contributed by atoms with van der Waals surface area (Å²) in [5.74, 6) is 0. The van der Waals surface area contributed by atoms with E-state index in [1.165, 1.54) is 10.8 Å². The molecule has 0 bridgehead atoms. The number of hydrogen-bond donors (Lipinski definition) is 0. The Hall–Kier alpha value is -7.86. The van der Waals surface area contributed by atoms with Gasteiger partial charge in [-0.25, -0.2) is 4.85 Å². The van der Waals surface area contributed by atoms with Gasteiger partial charge >= 0.3 is 0 Å². The van der Waals surface area contributed by atoms with E-state index in [1.54, 1.807) is 0 Å². The van der Waals surface area contributed by atoms with E-state index in [4.69, 9.17) is 6.57 Å². The van der Waals surface area contributed by atoms with Crippen LogP contribution >= 0.6 is 0 Å². The van der Waals surface area contributed by atoms with Gasteiger partial charge in [0, 0.05) is 43.7 Å². The van der Waals surface area contributed by atoms with E-state index in [-0.39, 0.29) is 0 Å². The molecular weight excluding hydrogens is 671 g/mol. The fourth-order valence-corrected chi connectivity index (χ4v) is 8.73. The molecule has 3 aromatic heterocycles. The minimum absolute atomic E-state index is 0.602. The molecule has 0 atom stereocenters. The summed E-state index contributed by atoms with van der Waals surface area (Å²) in [7, 11) is 0. The molecule has 0 saturated carbocycles. The first-order valence-corrected chi connectivity index (χ1v) is 18.3. The first-order chi connectivity index (χ1) is 27.2. The van der Waals surface area contributed by atoms with E-state index in [1.807, 2.05) is 18.2 Å². The summed E-state index contributed by atoms with van der Waals surface area (Å²) in [5.41, 5.74) is 12.8. The Balaban J connectivity index is 1.13. The highest BCUT2D eigenvalue weighted by Gasteiger charge is 2.21. The molecule has 0 radical (unpaired) electrons. The van der Waals surface area contributed by atoms with Crippen molar-refractivity contribution in [1.29, 1.82) is 5.26 Å². The zero-order chi connectivity index (χ0) is 36.6. The van der Waals surface area contributed by atoms with Gasteiger partial charge in [-0.3, -0.25) is 0 Å². The van der Waals surface area contributed by atoms with Gasteiger partial charge in [0.2, 0.25) is 0 Å². The zero-order valence-corrected chi connectivity index (χ0v) is 29.5. The van der Waals surface area contributed by atoms with Gasteiger partial charge in [0.15, 0.2) is 5.69 Å². The summed E-state index contributed by atoms with van der Waals surface area (Å²) < 4.78 is 6.98. The first kappa shape index (κ1) is 30.7. The van der Waals surface area contributed by atoms with Gasteiger partial charge in [-0.15, -0.1) is 0 Å². The number of hydrogen-bond acceptors (Lipinski definition) is 1. The van der Waals surface area contributed by atoms with E-state index in [0.29, 0.717) is 11.3 Å². The van der Waals surface area contributed by atoms with Crippen LogP contribution in [-0.2, 0) is 0 Å². The molecule has 0 aliphatic heterocycles. The van der Waals surface area contributed by atoms with Crippen LogP contribution in [0.4, 0.5) is 5.69 Å². The van der Waals surface area contributed by atoms with Gasteiger partial charge in [-0.05, 0) is 83.9 Å². The van der Waals surface area contributed by atoms with Crippen LogP contribution in [0.15, 0.2) is 176 Å². The van der Waals surface area contributed by atoms with Crippen LogP contribution in [0.2, 0.25) is 0 Å². The fraction of sp³-hybridized carbons (Fsp3) is 0. The zero-order valence-electron chi connectivity index (χ0n) is 29.5. The second kappa shape index (κ2) is 11.8. The van der Waals surface area contributed by atoms with Crippen molar-refractivity contribution in [2.75, 3.05) is 0 Å². The van der Waals surface area contributed by atoms with E-state index in [2.05, 4.69) is 182 Å². The summed E-state index contributed by atoms with van der Waals surface area (Å²) >= 11 is 0. The molecule has 11 rings (SSSR count). The first-order valence-electron chi connectivity index (χ1n) is 18.3. The molecule has 5 nitrogen and oxygen atoms in total. The maximum absolute atomic E-state index is 9.77. The molecule has 0 unspecified atom stereocenters. The maximum atomic E-state index is 9.77. The molecular formula is C50H29N5. The number of fused-ring (bicyclic) bond motifs is 9. The third-order valence-corrected chi connectivity index (χ3v) is 11.1. The van der Waals surface area contributed by atoms with Gasteiger partial charge in [0.25, 0.3) is 0 Å². The molecule has 254 valence electrons. The lowest BCUT2D eigenvalue weighted by Crippen LogP contribution is -2.01. The molecule has 0 aliphatic carbocycles. The van der Waals surface area contributed by atoms with Crippen molar-refractivity contribution in [3.8, 4) is 34.3 Å². The van der Waals surface area contributed by atoms with Gasteiger partial charge in [0.1, 0.15) is 0 Å². The van der Waals surface area contributed by atoms with Crippen LogP contribution in [0.5, 0.6) is 0 Å². The Kier molecular flexibility index (Phi) is 6.61. The van der Waals surface area contributed by atoms with E-state index < -0.39 is 0 Å². The third-order valence-electron chi connectivity index (χ3n) is 11.1. The monoisotopic (exact) mass is 699 g/mol. The highest BCUT2D eigenvalue weighted by atomic mass is 15.1. The number of aromatic nitrogens is 3. The number of benzene rings is 8. The average molecular weight is 700 g/mol. The molecule has 0 spiro atoms. The van der Waals surface area contributed by atoms with Crippen molar-refractivity contribution < 1.29 is 0 Å². The topological polar surface area (TPSA) is 42.9 Å². The normalized spacial score (nSPS) is 11.6. The van der Waals surface area contributed by atoms with Crippen molar-refractivity contribution in [3.63, 3.8) is 0 Å². The Morgan fingerprint density at radius 2 is 0.964 bits per heavy atom. The van der Waals surface area contributed by atoms with Crippen molar-refractivity contribution >= 4 is 71.1 Å². The second-order valence-corrected chi connectivity index (χ2v) is 14.0. The van der Waals surface area contributed by atoms with Crippen LogP contribution in [0.25, 0.3) is 98.5 Å². The van der Waals surface area contributed by atoms with Gasteiger partial charge < -0.3 is 13.7 Å². The number of nitrogens with zero attached hydrogens (tertiary/aromatic N) is 5. The standard InChI is InChI=1S/C50H29N5/c1-52-43-27-26-35(30-41(43)33-22-24-34(25-23-33)53-44-16-6-2-11-36(44)37-12-3-7-17-45(37)53)54-46-18-8-4-13-38(46)40-15-10-20-49(50(40)54)55-47-19-9-5-14-39(47)42-29-32(31-51)21-28-48(42)55/h2-30H. The second-order valence-electron chi connectivity index (χ2n) is 14.0. The SMILES string of the molecule is [C-]#[N+]c1ccc(-n2c3ccccc3c3cccc(-n4c5ccccc5c5cc(C#N)ccc54)c32)cc1-c1ccc(-n2c3ccccc3c3ccccc32)cc1. The van der Waals surface area contributed by atoms with E-state index in [9.17, 15) is 5.26 Å². The Morgan fingerprint density at radius 1 is 0.436 bits per heavy atom.